The Labute approximate surface area is 254 Å². The zero-order valence-electron chi connectivity index (χ0n) is 24.9. The van der Waals surface area contributed by atoms with Gasteiger partial charge in [0, 0.05) is 11.5 Å². The normalized spacial score (nSPS) is 17.0. The number of ether oxygens (including phenoxy) is 2. The molecule has 0 unspecified atom stereocenters. The van der Waals surface area contributed by atoms with E-state index >= 15 is 0 Å². The molecule has 0 radical (unpaired) electrons. The second-order valence-electron chi connectivity index (χ2n) is 11.3. The molecule has 1 aliphatic heterocycles. The molecule has 13 nitrogen and oxygen atoms in total. The van der Waals surface area contributed by atoms with E-state index in [1.165, 1.54) is 19.2 Å². The summed E-state index contributed by atoms with van der Waals surface area (Å²) in [6, 6.07) is 15.8. The van der Waals surface area contributed by atoms with Crippen LogP contribution in [0.5, 0.6) is 0 Å². The van der Waals surface area contributed by atoms with Crippen molar-refractivity contribution in [2.75, 3.05) is 16.3 Å². The van der Waals surface area contributed by atoms with Gasteiger partial charge in [0.2, 0.25) is 0 Å². The van der Waals surface area contributed by atoms with Gasteiger partial charge in [0.05, 0.1) is 11.9 Å². The lowest BCUT2D eigenvalue weighted by Gasteiger charge is -2.28. The fraction of sp³-hybridized carbons (Fsp3) is 0.323. The molecule has 1 aromatic heterocycles. The van der Waals surface area contributed by atoms with Gasteiger partial charge in [-0.05, 0) is 57.3 Å². The van der Waals surface area contributed by atoms with Crippen molar-refractivity contribution in [1.82, 2.24) is 9.55 Å². The highest BCUT2D eigenvalue weighted by Crippen LogP contribution is 2.42. The minimum Gasteiger partial charge on any atom is -0.444 e. The summed E-state index contributed by atoms with van der Waals surface area (Å²) in [5, 5.41) is 3.87. The number of para-hydroxylation sites is 1. The van der Waals surface area contributed by atoms with Crippen LogP contribution in [0.15, 0.2) is 89.4 Å². The first-order valence-electron chi connectivity index (χ1n) is 13.8. The van der Waals surface area contributed by atoms with E-state index in [-0.39, 0.29) is 36.8 Å². The molecule has 228 valence electrons. The lowest BCUT2D eigenvalue weighted by atomic mass is 9.97. The summed E-state index contributed by atoms with van der Waals surface area (Å²) in [5.74, 6) is -0.817. The van der Waals surface area contributed by atoms with Crippen LogP contribution in [0.1, 0.15) is 51.5 Å². The molecule has 0 N–H and O–H groups in total. The maximum Gasteiger partial charge on any atom is 0.421 e. The molecule has 0 bridgehead atoms. The highest BCUT2D eigenvalue weighted by atomic mass is 16.6. The van der Waals surface area contributed by atoms with Crippen LogP contribution in [-0.2, 0) is 26.4 Å². The minimum absolute atomic E-state index is 0.00388. The van der Waals surface area contributed by atoms with E-state index in [1.54, 1.807) is 75.4 Å². The summed E-state index contributed by atoms with van der Waals surface area (Å²) in [6.07, 6.45) is 0.595. The number of nitrogens with zero attached hydrogens (tertiary/aromatic N) is 7. The molecule has 44 heavy (non-hydrogen) atoms. The SMILES string of the molecule is C=CCN(C(=O)OCc1ccccc1)c1cnc2n(c1=O)[C@H](C(=O)N(C(=O)OC(C)(C)C)c1ccccc1)C[C@@]2(C)N=[N+]=[N-]. The Morgan fingerprint density at radius 2 is 1.77 bits per heavy atom. The van der Waals surface area contributed by atoms with Gasteiger partial charge in [0.25, 0.3) is 11.5 Å². The average molecular weight is 600 g/mol. The Bertz CT molecular complexity index is 1660. The number of carbonyl (C=O) groups is 3. The first-order chi connectivity index (χ1) is 20.9. The van der Waals surface area contributed by atoms with Gasteiger partial charge in [0.1, 0.15) is 35.3 Å². The maximum atomic E-state index is 14.3. The van der Waals surface area contributed by atoms with Gasteiger partial charge in [-0.25, -0.2) is 19.5 Å². The van der Waals surface area contributed by atoms with Crippen LogP contribution in [-0.4, -0.2) is 39.8 Å². The molecule has 4 rings (SSSR count). The molecular formula is C31H33N7O6. The standard InChI is InChI=1S/C31H33N7O6/c1-6-17-36(28(41)43-20-21-13-9-7-10-14-21)24-19-33-27-31(5,34-35-32)18-23(38(27)26(24)40)25(39)37(22-15-11-8-12-16-22)29(42)44-30(2,3)4/h6-16,19,23H,1,17-18,20H2,2-5H3/t23-,31+/m0/s1. The van der Waals surface area contributed by atoms with Crippen LogP contribution in [0.25, 0.3) is 10.4 Å². The number of hydrogen-bond donors (Lipinski definition) is 0. The molecule has 13 heteroatoms. The largest absolute Gasteiger partial charge is 0.444 e. The van der Waals surface area contributed by atoms with Crippen molar-refractivity contribution in [2.45, 2.75) is 57.9 Å². The Morgan fingerprint density at radius 1 is 1.14 bits per heavy atom. The zero-order chi connectivity index (χ0) is 32.1. The summed E-state index contributed by atoms with van der Waals surface area (Å²) >= 11 is 0. The van der Waals surface area contributed by atoms with Crippen molar-refractivity contribution in [3.8, 4) is 0 Å². The summed E-state index contributed by atoms with van der Waals surface area (Å²) < 4.78 is 12.1. The third-order valence-corrected chi connectivity index (χ3v) is 6.75. The second-order valence-corrected chi connectivity index (χ2v) is 11.3. The molecule has 3 aromatic rings. The molecule has 2 aromatic carbocycles. The first-order valence-corrected chi connectivity index (χ1v) is 13.8. The topological polar surface area (TPSA) is 160 Å². The Kier molecular flexibility index (Phi) is 9.20. The van der Waals surface area contributed by atoms with Crippen LogP contribution in [0.2, 0.25) is 0 Å². The minimum atomic E-state index is -1.43. The fourth-order valence-electron chi connectivity index (χ4n) is 4.83. The number of imide groups is 1. The van der Waals surface area contributed by atoms with E-state index in [9.17, 15) is 24.7 Å². The molecule has 0 fully saturated rings. The van der Waals surface area contributed by atoms with Crippen molar-refractivity contribution in [1.29, 1.82) is 0 Å². The predicted octanol–water partition coefficient (Wildman–Crippen LogP) is 6.01. The highest BCUT2D eigenvalue weighted by Gasteiger charge is 2.48. The van der Waals surface area contributed by atoms with Crippen molar-refractivity contribution < 1.29 is 23.9 Å². The Hall–Kier alpha value is -5.42. The first kappa shape index (κ1) is 31.5. The van der Waals surface area contributed by atoms with Gasteiger partial charge in [-0.15, -0.1) is 6.58 Å². The maximum absolute atomic E-state index is 14.3. The van der Waals surface area contributed by atoms with Gasteiger partial charge < -0.3 is 9.47 Å². The molecule has 0 saturated carbocycles. The number of anilines is 2. The number of hydrogen-bond acceptors (Lipinski definition) is 8. The monoisotopic (exact) mass is 599 g/mol. The van der Waals surface area contributed by atoms with Gasteiger partial charge in [0.15, 0.2) is 0 Å². The van der Waals surface area contributed by atoms with Gasteiger partial charge in [-0.2, -0.15) is 0 Å². The molecule has 0 saturated heterocycles. The van der Waals surface area contributed by atoms with E-state index < -0.39 is 40.8 Å². The van der Waals surface area contributed by atoms with Crippen molar-refractivity contribution in [2.24, 2.45) is 5.11 Å². The van der Waals surface area contributed by atoms with E-state index in [1.807, 2.05) is 6.07 Å². The van der Waals surface area contributed by atoms with Crippen LogP contribution in [0.3, 0.4) is 0 Å². The van der Waals surface area contributed by atoms with Crippen LogP contribution in [0, 0.1) is 0 Å². The number of azide groups is 1. The number of carbonyl (C=O) groups excluding carboxylic acids is 3. The van der Waals surface area contributed by atoms with E-state index in [4.69, 9.17) is 9.47 Å². The molecule has 2 heterocycles. The van der Waals surface area contributed by atoms with E-state index in [0.29, 0.717) is 0 Å². The predicted molar refractivity (Wildman–Crippen MR) is 163 cm³/mol. The van der Waals surface area contributed by atoms with E-state index in [0.717, 1.165) is 19.9 Å². The highest BCUT2D eigenvalue weighted by molar-refractivity contribution is 6.14. The van der Waals surface area contributed by atoms with Crippen LogP contribution in [0.4, 0.5) is 21.0 Å². The van der Waals surface area contributed by atoms with Gasteiger partial charge >= 0.3 is 12.2 Å². The number of benzene rings is 2. The number of aromatic nitrogens is 2. The second kappa shape index (κ2) is 12.8. The summed E-state index contributed by atoms with van der Waals surface area (Å²) in [7, 11) is 0. The van der Waals surface area contributed by atoms with Crippen molar-refractivity contribution >= 4 is 29.5 Å². The summed E-state index contributed by atoms with van der Waals surface area (Å²) in [5.41, 5.74) is 6.95. The van der Waals surface area contributed by atoms with Crippen LogP contribution >= 0.6 is 0 Å². The quantitative estimate of drug-likeness (QED) is 0.133. The number of fused-ring (bicyclic) bond motifs is 1. The van der Waals surface area contributed by atoms with Gasteiger partial charge in [-0.3, -0.25) is 19.1 Å². The fourth-order valence-corrected chi connectivity index (χ4v) is 4.83. The zero-order valence-corrected chi connectivity index (χ0v) is 24.9. The third kappa shape index (κ3) is 6.63. The van der Waals surface area contributed by atoms with Gasteiger partial charge in [-0.1, -0.05) is 59.7 Å². The Balaban J connectivity index is 1.80. The third-order valence-electron chi connectivity index (χ3n) is 6.75. The number of amides is 3. The van der Waals surface area contributed by atoms with Crippen molar-refractivity contribution in [3.05, 3.63) is 112 Å². The lowest BCUT2D eigenvalue weighted by Crippen LogP contribution is -2.46. The molecular weight excluding hydrogens is 566 g/mol. The van der Waals surface area contributed by atoms with Crippen molar-refractivity contribution in [3.63, 3.8) is 0 Å². The Morgan fingerprint density at radius 3 is 2.36 bits per heavy atom. The molecule has 1 aliphatic rings. The number of rotatable bonds is 8. The van der Waals surface area contributed by atoms with Crippen LogP contribution < -0.4 is 15.4 Å². The average Bonchev–Trinajstić information content (AvgIpc) is 3.28. The lowest BCUT2D eigenvalue weighted by molar-refractivity contribution is -0.121. The molecule has 3 amide bonds. The summed E-state index contributed by atoms with van der Waals surface area (Å²) in [6.45, 7) is 10.0. The summed E-state index contributed by atoms with van der Waals surface area (Å²) in [4.78, 5) is 64.2. The molecule has 0 spiro atoms. The van der Waals surface area contributed by atoms with E-state index in [2.05, 4.69) is 21.6 Å². The smallest absolute Gasteiger partial charge is 0.421 e. The molecule has 0 aliphatic carbocycles. The molecule has 2 atom stereocenters.